The highest BCUT2D eigenvalue weighted by atomic mass is 35.5. The standard InChI is InChI=1S/C24H24ClN7O3/c1-12-4-6-14(7-5-12)13(2)32-11-27-20-19(32)18(28-21(29-20)22-30-24(34)35-31-22)15-8-16(23(33)26-3)10-17(25)9-15/h8-12,14H,2,4-7H2,1,3H3,(H,26,33)(H,30,31,34). The number of nitrogens with one attached hydrogen (secondary N) is 2. The Morgan fingerprint density at radius 3 is 2.69 bits per heavy atom. The van der Waals surface area contributed by atoms with Crippen LogP contribution < -0.4 is 11.1 Å². The summed E-state index contributed by atoms with van der Waals surface area (Å²) in [7, 11) is 1.55. The average molecular weight is 494 g/mol. The fourth-order valence-corrected chi connectivity index (χ4v) is 4.80. The highest BCUT2D eigenvalue weighted by Gasteiger charge is 2.25. The lowest BCUT2D eigenvalue weighted by molar-refractivity contribution is 0.0963. The Hall–Kier alpha value is -3.79. The number of fused-ring (bicyclic) bond motifs is 1. The molecule has 1 aliphatic carbocycles. The van der Waals surface area contributed by atoms with Crippen LogP contribution in [0.3, 0.4) is 0 Å². The van der Waals surface area contributed by atoms with Crippen molar-refractivity contribution >= 4 is 34.4 Å². The van der Waals surface area contributed by atoms with Gasteiger partial charge in [-0.3, -0.25) is 18.9 Å². The van der Waals surface area contributed by atoms with Crippen molar-refractivity contribution in [2.24, 2.45) is 11.8 Å². The number of benzene rings is 1. The summed E-state index contributed by atoms with van der Waals surface area (Å²) in [6.07, 6.45) is 6.07. The van der Waals surface area contributed by atoms with Gasteiger partial charge in [0.25, 0.3) is 5.91 Å². The number of aromatic amines is 1. The lowest BCUT2D eigenvalue weighted by Crippen LogP contribution is -2.18. The van der Waals surface area contributed by atoms with Crippen LogP contribution in [0.4, 0.5) is 0 Å². The fraction of sp³-hybridized carbons (Fsp3) is 0.333. The molecule has 3 aromatic heterocycles. The highest BCUT2D eigenvalue weighted by Crippen LogP contribution is 2.37. The predicted molar refractivity (Wildman–Crippen MR) is 132 cm³/mol. The van der Waals surface area contributed by atoms with Gasteiger partial charge < -0.3 is 5.32 Å². The van der Waals surface area contributed by atoms with Crippen molar-refractivity contribution < 1.29 is 9.32 Å². The van der Waals surface area contributed by atoms with Crippen molar-refractivity contribution in [3.8, 4) is 22.9 Å². The molecule has 180 valence electrons. The quantitative estimate of drug-likeness (QED) is 0.427. The van der Waals surface area contributed by atoms with Gasteiger partial charge in [0.2, 0.25) is 11.6 Å². The number of rotatable bonds is 5. The summed E-state index contributed by atoms with van der Waals surface area (Å²) in [5.74, 6) is 0.210. The minimum Gasteiger partial charge on any atom is -0.355 e. The van der Waals surface area contributed by atoms with Crippen molar-refractivity contribution in [1.82, 2.24) is 35.0 Å². The van der Waals surface area contributed by atoms with Crippen molar-refractivity contribution in [3.05, 3.63) is 52.2 Å². The van der Waals surface area contributed by atoms with Crippen LogP contribution in [0, 0.1) is 11.8 Å². The zero-order valence-electron chi connectivity index (χ0n) is 19.3. The molecule has 10 nitrogen and oxygen atoms in total. The molecule has 1 aliphatic rings. The van der Waals surface area contributed by atoms with E-state index in [1.807, 2.05) is 4.57 Å². The Labute approximate surface area is 205 Å². The fourth-order valence-electron chi connectivity index (χ4n) is 4.57. The van der Waals surface area contributed by atoms with Crippen LogP contribution in [-0.2, 0) is 0 Å². The highest BCUT2D eigenvalue weighted by molar-refractivity contribution is 6.31. The molecule has 1 saturated carbocycles. The van der Waals surface area contributed by atoms with Gasteiger partial charge in [-0.1, -0.05) is 43.1 Å². The zero-order valence-corrected chi connectivity index (χ0v) is 20.1. The van der Waals surface area contributed by atoms with E-state index in [0.717, 1.165) is 31.4 Å². The summed E-state index contributed by atoms with van der Waals surface area (Å²) < 4.78 is 6.56. The molecule has 0 bridgehead atoms. The van der Waals surface area contributed by atoms with Gasteiger partial charge >= 0.3 is 5.76 Å². The van der Waals surface area contributed by atoms with E-state index in [4.69, 9.17) is 16.6 Å². The van der Waals surface area contributed by atoms with Gasteiger partial charge in [-0.25, -0.2) is 19.7 Å². The molecule has 2 N–H and O–H groups in total. The number of aromatic nitrogens is 6. The Balaban J connectivity index is 1.71. The number of amides is 1. The van der Waals surface area contributed by atoms with Crippen molar-refractivity contribution in [2.45, 2.75) is 32.6 Å². The Kier molecular flexibility index (Phi) is 5.98. The maximum atomic E-state index is 12.4. The van der Waals surface area contributed by atoms with Crippen LogP contribution in [0.1, 0.15) is 43.0 Å². The lowest BCUT2D eigenvalue weighted by atomic mass is 9.81. The third kappa shape index (κ3) is 4.37. The van der Waals surface area contributed by atoms with Gasteiger partial charge in [-0.2, -0.15) is 0 Å². The second-order valence-electron chi connectivity index (χ2n) is 8.88. The SMILES string of the molecule is C=C(C1CCC(C)CC1)n1cnc2nc(-c3noc(=O)[nH]3)nc(-c3cc(Cl)cc(C(=O)NC)c3)c21. The smallest absolute Gasteiger partial charge is 0.355 e. The van der Waals surface area contributed by atoms with E-state index >= 15 is 0 Å². The van der Waals surface area contributed by atoms with Crippen LogP contribution in [0.15, 0.2) is 40.4 Å². The summed E-state index contributed by atoms with van der Waals surface area (Å²) in [6.45, 7) is 6.67. The molecule has 0 saturated heterocycles. The van der Waals surface area contributed by atoms with Gasteiger partial charge in [0.15, 0.2) is 5.65 Å². The predicted octanol–water partition coefficient (Wildman–Crippen LogP) is 4.15. The molecule has 1 amide bonds. The largest absolute Gasteiger partial charge is 0.439 e. The van der Waals surface area contributed by atoms with Gasteiger partial charge in [-0.05, 0) is 42.9 Å². The summed E-state index contributed by atoms with van der Waals surface area (Å²) in [6, 6.07) is 5.00. The molecule has 0 radical (unpaired) electrons. The summed E-state index contributed by atoms with van der Waals surface area (Å²) >= 11 is 6.39. The Morgan fingerprint density at radius 1 is 1.23 bits per heavy atom. The van der Waals surface area contributed by atoms with Gasteiger partial charge in [0.05, 0.1) is 0 Å². The Bertz CT molecular complexity index is 1490. The number of hydrogen-bond donors (Lipinski definition) is 2. The number of imidazole rings is 1. The average Bonchev–Trinajstić information content (AvgIpc) is 3.49. The number of halogens is 1. The van der Waals surface area contributed by atoms with Crippen molar-refractivity contribution in [2.75, 3.05) is 7.05 Å². The van der Waals surface area contributed by atoms with Crippen molar-refractivity contribution in [1.29, 1.82) is 0 Å². The van der Waals surface area contributed by atoms with Crippen LogP contribution in [-0.4, -0.2) is 42.6 Å². The summed E-state index contributed by atoms with van der Waals surface area (Å²) in [5.41, 5.74) is 3.38. The lowest BCUT2D eigenvalue weighted by Gasteiger charge is -2.28. The van der Waals surface area contributed by atoms with E-state index in [9.17, 15) is 9.59 Å². The number of H-pyrrole nitrogens is 1. The summed E-state index contributed by atoms with van der Waals surface area (Å²) in [5, 5.41) is 6.70. The second kappa shape index (κ2) is 9.10. The first-order valence-electron chi connectivity index (χ1n) is 11.4. The van der Waals surface area contributed by atoms with E-state index in [0.29, 0.717) is 44.8 Å². The molecule has 0 unspecified atom stereocenters. The first-order chi connectivity index (χ1) is 16.8. The Morgan fingerprint density at radius 2 is 2.00 bits per heavy atom. The normalized spacial score (nSPS) is 18.0. The van der Waals surface area contributed by atoms with Gasteiger partial charge in [0, 0.05) is 28.9 Å². The number of carbonyl (C=O) groups excluding carboxylic acids is 1. The van der Waals surface area contributed by atoms with E-state index < -0.39 is 5.76 Å². The van der Waals surface area contributed by atoms with Gasteiger partial charge in [0.1, 0.15) is 17.5 Å². The first kappa shape index (κ1) is 23.0. The van der Waals surface area contributed by atoms with Crippen LogP contribution in [0.5, 0.6) is 0 Å². The minimum absolute atomic E-state index is 0.0707. The number of allylic oxidation sites excluding steroid dienone is 1. The molecule has 0 aliphatic heterocycles. The molecular formula is C24H24ClN7O3. The molecule has 4 aromatic rings. The number of carbonyl (C=O) groups is 1. The third-order valence-electron chi connectivity index (χ3n) is 6.51. The molecule has 1 aromatic carbocycles. The molecule has 11 heteroatoms. The number of nitrogens with zero attached hydrogens (tertiary/aromatic N) is 5. The molecule has 5 rings (SSSR count). The second-order valence-corrected chi connectivity index (χ2v) is 9.32. The summed E-state index contributed by atoms with van der Waals surface area (Å²) in [4.78, 5) is 40.1. The monoisotopic (exact) mass is 493 g/mol. The third-order valence-corrected chi connectivity index (χ3v) is 6.73. The molecule has 35 heavy (non-hydrogen) atoms. The van der Waals surface area contributed by atoms with Crippen LogP contribution in [0.25, 0.3) is 39.8 Å². The molecule has 1 fully saturated rings. The molecule has 3 heterocycles. The first-order valence-corrected chi connectivity index (χ1v) is 11.8. The maximum Gasteiger partial charge on any atom is 0.439 e. The van der Waals surface area contributed by atoms with Crippen LogP contribution >= 0.6 is 11.6 Å². The maximum absolute atomic E-state index is 12.4. The minimum atomic E-state index is -0.722. The van der Waals surface area contributed by atoms with E-state index in [-0.39, 0.29) is 17.6 Å². The molecule has 0 spiro atoms. The zero-order chi connectivity index (χ0) is 24.7. The van der Waals surface area contributed by atoms with E-state index in [1.54, 1.807) is 31.6 Å². The van der Waals surface area contributed by atoms with Crippen LogP contribution in [0.2, 0.25) is 5.02 Å². The topological polar surface area (TPSA) is 132 Å². The van der Waals surface area contributed by atoms with Crippen molar-refractivity contribution in [3.63, 3.8) is 0 Å². The van der Waals surface area contributed by atoms with Gasteiger partial charge in [-0.15, -0.1) is 0 Å². The molecule has 0 atom stereocenters. The van der Waals surface area contributed by atoms with E-state index in [2.05, 4.69) is 43.5 Å². The number of hydrogen-bond acceptors (Lipinski definition) is 7. The molecular weight excluding hydrogens is 470 g/mol. The van der Waals surface area contributed by atoms with E-state index in [1.165, 1.54) is 0 Å².